The van der Waals surface area contributed by atoms with E-state index in [4.69, 9.17) is 21.3 Å². The molecule has 8 heteroatoms. The summed E-state index contributed by atoms with van der Waals surface area (Å²) in [6.07, 6.45) is 1.000. The van der Waals surface area contributed by atoms with E-state index in [1.54, 1.807) is 18.4 Å². The smallest absolute Gasteiger partial charge is 0.194 e. The van der Waals surface area contributed by atoms with Crippen molar-refractivity contribution < 1.29 is 14.9 Å². The number of aromatic nitrogens is 2. The molecule has 5 nitrogen and oxygen atoms in total. The van der Waals surface area contributed by atoms with Crippen LogP contribution >= 0.6 is 34.7 Å². The molecular weight excluding hydrogens is 440 g/mol. The van der Waals surface area contributed by atoms with Gasteiger partial charge < -0.3 is 14.9 Å². The Morgan fingerprint density at radius 1 is 1.13 bits per heavy atom. The third-order valence-electron chi connectivity index (χ3n) is 5.38. The standard InChI is InChI=1S/C22H19ClN2O3S2/c1-28-13-4-2-12(3-5-13)19-20-14-8-9-29-11-16(14)30-22(20)24-15(21(19)23)10-25-17(26)6-7-18(25)27/h2-7,26-27H,8-11H2,1H3. The molecule has 3 aromatic heterocycles. The summed E-state index contributed by atoms with van der Waals surface area (Å²) in [7, 11) is 1.65. The van der Waals surface area contributed by atoms with Crippen molar-refractivity contribution in [3.8, 4) is 28.6 Å². The minimum Gasteiger partial charge on any atom is -0.497 e. The van der Waals surface area contributed by atoms with Crippen LogP contribution in [0.4, 0.5) is 0 Å². The summed E-state index contributed by atoms with van der Waals surface area (Å²) < 4.78 is 6.70. The molecule has 0 saturated carbocycles. The monoisotopic (exact) mass is 458 g/mol. The summed E-state index contributed by atoms with van der Waals surface area (Å²) in [5, 5.41) is 21.8. The first kappa shape index (κ1) is 19.6. The van der Waals surface area contributed by atoms with Crippen LogP contribution in [0.2, 0.25) is 5.02 Å². The van der Waals surface area contributed by atoms with Crippen LogP contribution in [0.15, 0.2) is 36.4 Å². The van der Waals surface area contributed by atoms with Crippen molar-refractivity contribution in [2.24, 2.45) is 0 Å². The second-order valence-electron chi connectivity index (χ2n) is 7.10. The van der Waals surface area contributed by atoms with E-state index in [1.807, 2.05) is 36.0 Å². The van der Waals surface area contributed by atoms with E-state index < -0.39 is 0 Å². The van der Waals surface area contributed by atoms with Gasteiger partial charge in [0.15, 0.2) is 11.8 Å². The van der Waals surface area contributed by atoms with E-state index in [0.717, 1.165) is 45.0 Å². The first-order valence-corrected chi connectivity index (χ1v) is 11.8. The maximum absolute atomic E-state index is 10.1. The fraction of sp³-hybridized carbons (Fsp3) is 0.227. The largest absolute Gasteiger partial charge is 0.497 e. The Hall–Kier alpha value is -2.35. The zero-order valence-electron chi connectivity index (χ0n) is 16.2. The number of benzene rings is 1. The molecule has 0 aliphatic carbocycles. The van der Waals surface area contributed by atoms with E-state index in [9.17, 15) is 10.2 Å². The first-order valence-electron chi connectivity index (χ1n) is 9.49. The fourth-order valence-corrected chi connectivity index (χ4v) is 6.56. The molecule has 0 atom stereocenters. The number of pyridine rings is 1. The van der Waals surface area contributed by atoms with Crippen molar-refractivity contribution in [1.29, 1.82) is 0 Å². The molecule has 1 aliphatic rings. The third kappa shape index (κ3) is 3.21. The molecule has 0 fully saturated rings. The first-order chi connectivity index (χ1) is 14.6. The molecule has 154 valence electrons. The van der Waals surface area contributed by atoms with Gasteiger partial charge in [-0.1, -0.05) is 23.7 Å². The number of ether oxygens (including phenoxy) is 1. The van der Waals surface area contributed by atoms with E-state index in [0.29, 0.717) is 10.7 Å². The van der Waals surface area contributed by atoms with E-state index in [2.05, 4.69) is 0 Å². The number of thiophene rings is 1. The highest BCUT2D eigenvalue weighted by Gasteiger charge is 2.24. The molecule has 0 bridgehead atoms. The summed E-state index contributed by atoms with van der Waals surface area (Å²) in [5.74, 6) is 2.80. The number of halogens is 1. The molecular formula is C22H19ClN2O3S2. The Balaban J connectivity index is 1.75. The molecule has 4 heterocycles. The Morgan fingerprint density at radius 2 is 1.87 bits per heavy atom. The van der Waals surface area contributed by atoms with Crippen LogP contribution in [0, 0.1) is 0 Å². The Labute approximate surface area is 186 Å². The van der Waals surface area contributed by atoms with Crippen molar-refractivity contribution in [2.45, 2.75) is 18.7 Å². The van der Waals surface area contributed by atoms with Crippen LogP contribution in [0.25, 0.3) is 21.3 Å². The highest BCUT2D eigenvalue weighted by molar-refractivity contribution is 7.98. The number of rotatable bonds is 4. The van der Waals surface area contributed by atoms with Crippen LogP contribution in [0.1, 0.15) is 16.1 Å². The molecule has 4 aromatic rings. The molecule has 0 unspecified atom stereocenters. The number of methoxy groups -OCH3 is 1. The summed E-state index contributed by atoms with van der Waals surface area (Å²) in [4.78, 5) is 7.16. The van der Waals surface area contributed by atoms with Gasteiger partial charge in [-0.25, -0.2) is 4.98 Å². The third-order valence-corrected chi connectivity index (χ3v) is 8.08. The maximum Gasteiger partial charge on any atom is 0.194 e. The fourth-order valence-electron chi connectivity index (χ4n) is 3.87. The predicted molar refractivity (Wildman–Crippen MR) is 123 cm³/mol. The molecule has 0 saturated heterocycles. The summed E-state index contributed by atoms with van der Waals surface area (Å²) in [5.41, 5.74) is 3.90. The highest BCUT2D eigenvalue weighted by atomic mass is 35.5. The topological polar surface area (TPSA) is 67.5 Å². The van der Waals surface area contributed by atoms with Crippen LogP contribution < -0.4 is 4.74 Å². The van der Waals surface area contributed by atoms with Gasteiger partial charge in [0.2, 0.25) is 0 Å². The van der Waals surface area contributed by atoms with Gasteiger partial charge in [0, 0.05) is 33.7 Å². The van der Waals surface area contributed by atoms with Crippen molar-refractivity contribution in [1.82, 2.24) is 9.55 Å². The van der Waals surface area contributed by atoms with Crippen molar-refractivity contribution in [3.05, 3.63) is 57.6 Å². The zero-order chi connectivity index (χ0) is 20.8. The van der Waals surface area contributed by atoms with Crippen molar-refractivity contribution in [2.75, 3.05) is 12.9 Å². The second kappa shape index (κ2) is 7.72. The van der Waals surface area contributed by atoms with Crippen LogP contribution in [0.3, 0.4) is 0 Å². The van der Waals surface area contributed by atoms with Gasteiger partial charge in [0.1, 0.15) is 10.6 Å². The lowest BCUT2D eigenvalue weighted by Gasteiger charge is -2.16. The molecule has 0 spiro atoms. The Morgan fingerprint density at radius 3 is 2.57 bits per heavy atom. The number of fused-ring (bicyclic) bond motifs is 3. The van der Waals surface area contributed by atoms with Gasteiger partial charge in [0.25, 0.3) is 0 Å². The Kier molecular flexibility index (Phi) is 5.05. The van der Waals surface area contributed by atoms with Crippen LogP contribution in [0.5, 0.6) is 17.5 Å². The SMILES string of the molecule is COc1ccc(-c2c(Cl)c(Cn3c(O)ccc3O)nc3sc4c(c23)CCSC4)cc1. The average Bonchev–Trinajstić information content (AvgIpc) is 3.29. The van der Waals surface area contributed by atoms with Gasteiger partial charge in [-0.05, 0) is 35.4 Å². The highest BCUT2D eigenvalue weighted by Crippen LogP contribution is 2.45. The minimum absolute atomic E-state index is 0.0293. The van der Waals surface area contributed by atoms with E-state index >= 15 is 0 Å². The van der Waals surface area contributed by atoms with Gasteiger partial charge in [-0.3, -0.25) is 4.57 Å². The number of thioether (sulfide) groups is 1. The van der Waals surface area contributed by atoms with Crippen LogP contribution in [-0.2, 0) is 18.7 Å². The Bertz CT molecular complexity index is 1230. The molecule has 30 heavy (non-hydrogen) atoms. The maximum atomic E-state index is 10.1. The number of hydrogen-bond donors (Lipinski definition) is 2. The molecule has 5 rings (SSSR count). The summed E-state index contributed by atoms with van der Waals surface area (Å²) >= 11 is 10.6. The molecule has 2 N–H and O–H groups in total. The van der Waals surface area contributed by atoms with E-state index in [1.165, 1.54) is 27.1 Å². The number of nitrogens with zero attached hydrogens (tertiary/aromatic N) is 2. The average molecular weight is 459 g/mol. The van der Waals surface area contributed by atoms with Crippen LogP contribution in [-0.4, -0.2) is 32.6 Å². The lowest BCUT2D eigenvalue weighted by atomic mass is 9.97. The van der Waals surface area contributed by atoms with Gasteiger partial charge >= 0.3 is 0 Å². The predicted octanol–water partition coefficient (Wildman–Crippen LogP) is 5.68. The van der Waals surface area contributed by atoms with Gasteiger partial charge in [-0.2, -0.15) is 11.8 Å². The second-order valence-corrected chi connectivity index (χ2v) is 9.67. The molecule has 0 radical (unpaired) electrons. The normalized spacial score (nSPS) is 13.5. The van der Waals surface area contributed by atoms with Crippen molar-refractivity contribution >= 4 is 44.9 Å². The van der Waals surface area contributed by atoms with Crippen molar-refractivity contribution in [3.63, 3.8) is 0 Å². The number of aryl methyl sites for hydroxylation is 1. The zero-order valence-corrected chi connectivity index (χ0v) is 18.6. The van der Waals surface area contributed by atoms with Gasteiger partial charge in [-0.15, -0.1) is 11.3 Å². The lowest BCUT2D eigenvalue weighted by molar-refractivity contribution is 0.376. The molecule has 1 aliphatic heterocycles. The number of aromatic hydroxyl groups is 2. The van der Waals surface area contributed by atoms with E-state index in [-0.39, 0.29) is 18.3 Å². The summed E-state index contributed by atoms with van der Waals surface area (Å²) in [6, 6.07) is 10.8. The lowest BCUT2D eigenvalue weighted by Crippen LogP contribution is -2.04. The van der Waals surface area contributed by atoms with Gasteiger partial charge in [0.05, 0.1) is 24.4 Å². The number of hydrogen-bond acceptors (Lipinski definition) is 6. The molecule has 0 amide bonds. The quantitative estimate of drug-likeness (QED) is 0.412. The summed E-state index contributed by atoms with van der Waals surface area (Å²) in [6.45, 7) is 0.180. The minimum atomic E-state index is -0.0293. The molecule has 1 aromatic carbocycles.